The van der Waals surface area contributed by atoms with Gasteiger partial charge in [-0.3, -0.25) is 0 Å². The molecule has 1 aromatic carbocycles. The van der Waals surface area contributed by atoms with E-state index in [2.05, 4.69) is 10.3 Å². The summed E-state index contributed by atoms with van der Waals surface area (Å²) in [5.41, 5.74) is 1.57. The Morgan fingerprint density at radius 3 is 2.55 bits per heavy atom. The SMILES string of the molecule is CNC(Cc1nc(C)c(C)s1)Cc1ccc(F)cc1F. The van der Waals surface area contributed by atoms with Crippen molar-refractivity contribution < 1.29 is 8.78 Å². The molecule has 5 heteroatoms. The largest absolute Gasteiger partial charge is 0.316 e. The normalized spacial score (nSPS) is 12.7. The average molecular weight is 296 g/mol. The lowest BCUT2D eigenvalue weighted by atomic mass is 10.0. The van der Waals surface area contributed by atoms with Gasteiger partial charge in [0, 0.05) is 23.4 Å². The van der Waals surface area contributed by atoms with Crippen LogP contribution in [0, 0.1) is 25.5 Å². The van der Waals surface area contributed by atoms with Gasteiger partial charge >= 0.3 is 0 Å². The monoisotopic (exact) mass is 296 g/mol. The van der Waals surface area contributed by atoms with Crippen LogP contribution < -0.4 is 5.32 Å². The Labute approximate surface area is 121 Å². The Balaban J connectivity index is 2.08. The van der Waals surface area contributed by atoms with E-state index < -0.39 is 11.6 Å². The maximum Gasteiger partial charge on any atom is 0.129 e. The Hall–Kier alpha value is -1.33. The first kappa shape index (κ1) is 15.1. The minimum Gasteiger partial charge on any atom is -0.316 e. The number of aromatic nitrogens is 1. The number of hydrogen-bond donors (Lipinski definition) is 1. The summed E-state index contributed by atoms with van der Waals surface area (Å²) in [7, 11) is 1.85. The van der Waals surface area contributed by atoms with E-state index in [1.165, 1.54) is 17.0 Å². The fraction of sp³-hybridized carbons (Fsp3) is 0.400. The molecule has 0 amide bonds. The summed E-state index contributed by atoms with van der Waals surface area (Å²) in [6.07, 6.45) is 1.26. The number of hydrogen-bond acceptors (Lipinski definition) is 3. The van der Waals surface area contributed by atoms with Crippen molar-refractivity contribution in [2.45, 2.75) is 32.7 Å². The van der Waals surface area contributed by atoms with Gasteiger partial charge in [0.25, 0.3) is 0 Å². The molecule has 0 aliphatic carbocycles. The molecular weight excluding hydrogens is 278 g/mol. The summed E-state index contributed by atoms with van der Waals surface area (Å²) in [6, 6.07) is 3.82. The number of likely N-dealkylation sites (N-methyl/N-ethyl adjacent to an activating group) is 1. The van der Waals surface area contributed by atoms with E-state index in [0.717, 1.165) is 23.2 Å². The predicted octanol–water partition coefficient (Wildman–Crippen LogP) is 3.41. The number of nitrogens with one attached hydrogen (secondary N) is 1. The van der Waals surface area contributed by atoms with Crippen molar-refractivity contribution >= 4 is 11.3 Å². The van der Waals surface area contributed by atoms with Crippen LogP contribution in [0.5, 0.6) is 0 Å². The van der Waals surface area contributed by atoms with E-state index >= 15 is 0 Å². The lowest BCUT2D eigenvalue weighted by Crippen LogP contribution is -2.30. The third-order valence-corrected chi connectivity index (χ3v) is 4.48. The zero-order valence-electron chi connectivity index (χ0n) is 11.8. The Morgan fingerprint density at radius 2 is 2.00 bits per heavy atom. The van der Waals surface area contributed by atoms with Crippen LogP contribution in [-0.2, 0) is 12.8 Å². The summed E-state index contributed by atoms with van der Waals surface area (Å²) in [5.74, 6) is -1.03. The van der Waals surface area contributed by atoms with E-state index in [1.807, 2.05) is 20.9 Å². The number of aryl methyl sites for hydroxylation is 2. The van der Waals surface area contributed by atoms with Crippen molar-refractivity contribution in [3.05, 3.63) is 51.0 Å². The molecule has 2 nitrogen and oxygen atoms in total. The lowest BCUT2D eigenvalue weighted by molar-refractivity contribution is 0.523. The van der Waals surface area contributed by atoms with Crippen molar-refractivity contribution in [2.24, 2.45) is 0 Å². The second-order valence-corrected chi connectivity index (χ2v) is 6.17. The highest BCUT2D eigenvalue weighted by Gasteiger charge is 2.14. The van der Waals surface area contributed by atoms with Crippen LogP contribution in [0.4, 0.5) is 8.78 Å². The first-order valence-electron chi connectivity index (χ1n) is 6.53. The summed E-state index contributed by atoms with van der Waals surface area (Å²) in [6.45, 7) is 4.04. The molecule has 0 radical (unpaired) electrons. The number of nitrogens with zero attached hydrogens (tertiary/aromatic N) is 1. The first-order valence-corrected chi connectivity index (χ1v) is 7.35. The molecule has 0 saturated carbocycles. The summed E-state index contributed by atoms with van der Waals surface area (Å²) < 4.78 is 26.6. The van der Waals surface area contributed by atoms with Crippen LogP contribution in [0.2, 0.25) is 0 Å². The minimum absolute atomic E-state index is 0.0833. The smallest absolute Gasteiger partial charge is 0.129 e. The van der Waals surface area contributed by atoms with E-state index in [0.29, 0.717) is 12.0 Å². The van der Waals surface area contributed by atoms with Crippen LogP contribution in [0.3, 0.4) is 0 Å². The molecule has 1 N–H and O–H groups in total. The molecule has 1 unspecified atom stereocenters. The van der Waals surface area contributed by atoms with Crippen molar-refractivity contribution in [3.63, 3.8) is 0 Å². The Morgan fingerprint density at radius 1 is 1.25 bits per heavy atom. The lowest BCUT2D eigenvalue weighted by Gasteiger charge is -2.15. The van der Waals surface area contributed by atoms with E-state index in [1.54, 1.807) is 11.3 Å². The quantitative estimate of drug-likeness (QED) is 0.914. The van der Waals surface area contributed by atoms with Crippen LogP contribution in [0.1, 0.15) is 21.1 Å². The maximum absolute atomic E-state index is 13.7. The molecular formula is C15H18F2N2S. The predicted molar refractivity (Wildman–Crippen MR) is 78.2 cm³/mol. The fourth-order valence-electron chi connectivity index (χ4n) is 2.07. The van der Waals surface area contributed by atoms with Crippen LogP contribution >= 0.6 is 11.3 Å². The highest BCUT2D eigenvalue weighted by Crippen LogP contribution is 2.19. The third-order valence-electron chi connectivity index (χ3n) is 3.38. The van der Waals surface area contributed by atoms with E-state index in [4.69, 9.17) is 0 Å². The molecule has 0 fully saturated rings. The average Bonchev–Trinajstić information content (AvgIpc) is 2.70. The van der Waals surface area contributed by atoms with Crippen molar-refractivity contribution in [3.8, 4) is 0 Å². The third kappa shape index (κ3) is 3.61. The van der Waals surface area contributed by atoms with Gasteiger partial charge in [0.2, 0.25) is 0 Å². The topological polar surface area (TPSA) is 24.9 Å². The van der Waals surface area contributed by atoms with Gasteiger partial charge in [0.15, 0.2) is 0 Å². The van der Waals surface area contributed by atoms with Gasteiger partial charge in [-0.05, 0) is 38.9 Å². The molecule has 1 atom stereocenters. The van der Waals surface area contributed by atoms with Gasteiger partial charge in [-0.2, -0.15) is 0 Å². The molecule has 2 aromatic rings. The number of thiazole rings is 1. The van der Waals surface area contributed by atoms with Gasteiger partial charge in [0.1, 0.15) is 11.6 Å². The molecule has 0 bridgehead atoms. The first-order chi connectivity index (χ1) is 9.49. The molecule has 0 spiro atoms. The van der Waals surface area contributed by atoms with Crippen LogP contribution in [0.15, 0.2) is 18.2 Å². The number of rotatable bonds is 5. The molecule has 0 aliphatic heterocycles. The molecule has 0 saturated heterocycles. The fourth-order valence-corrected chi connectivity index (χ4v) is 3.08. The molecule has 20 heavy (non-hydrogen) atoms. The molecule has 2 rings (SSSR count). The molecule has 1 heterocycles. The Bertz CT molecular complexity index is 576. The number of halogens is 2. The molecule has 1 aromatic heterocycles. The van der Waals surface area contributed by atoms with Crippen molar-refractivity contribution in [1.82, 2.24) is 10.3 Å². The zero-order valence-corrected chi connectivity index (χ0v) is 12.7. The summed E-state index contributed by atoms with van der Waals surface area (Å²) in [5, 5.41) is 4.22. The zero-order chi connectivity index (χ0) is 14.7. The number of benzene rings is 1. The van der Waals surface area contributed by atoms with Gasteiger partial charge in [0.05, 0.1) is 10.7 Å². The maximum atomic E-state index is 13.7. The highest BCUT2D eigenvalue weighted by atomic mass is 32.1. The standard InChI is InChI=1S/C15H18F2N2S/c1-9-10(2)20-15(19-9)8-13(18-3)6-11-4-5-12(16)7-14(11)17/h4-5,7,13,18H,6,8H2,1-3H3. The van der Waals surface area contributed by atoms with Gasteiger partial charge < -0.3 is 5.32 Å². The van der Waals surface area contributed by atoms with Crippen LogP contribution in [-0.4, -0.2) is 18.1 Å². The highest BCUT2D eigenvalue weighted by molar-refractivity contribution is 7.11. The van der Waals surface area contributed by atoms with Crippen molar-refractivity contribution in [2.75, 3.05) is 7.05 Å². The second kappa shape index (κ2) is 6.41. The summed E-state index contributed by atoms with van der Waals surface area (Å²) >= 11 is 1.67. The van der Waals surface area contributed by atoms with Crippen LogP contribution in [0.25, 0.3) is 0 Å². The van der Waals surface area contributed by atoms with Gasteiger partial charge in [-0.15, -0.1) is 11.3 Å². The van der Waals surface area contributed by atoms with Gasteiger partial charge in [-0.1, -0.05) is 6.07 Å². The van der Waals surface area contributed by atoms with Gasteiger partial charge in [-0.25, -0.2) is 13.8 Å². The molecule has 0 aliphatic rings. The second-order valence-electron chi connectivity index (χ2n) is 4.88. The minimum atomic E-state index is -0.543. The van der Waals surface area contributed by atoms with Crippen molar-refractivity contribution in [1.29, 1.82) is 0 Å². The van der Waals surface area contributed by atoms with E-state index in [-0.39, 0.29) is 6.04 Å². The molecule has 108 valence electrons. The Kier molecular flexibility index (Phi) is 4.83. The van der Waals surface area contributed by atoms with E-state index in [9.17, 15) is 8.78 Å². The summed E-state index contributed by atoms with van der Waals surface area (Å²) in [4.78, 5) is 5.71.